The van der Waals surface area contributed by atoms with Crippen molar-refractivity contribution in [2.45, 2.75) is 6.54 Å². The molecule has 8 heteroatoms. The third kappa shape index (κ3) is 5.01. The second-order valence-corrected chi connectivity index (χ2v) is 5.89. The lowest BCUT2D eigenvalue weighted by Gasteiger charge is -2.28. The summed E-state index contributed by atoms with van der Waals surface area (Å²) in [6, 6.07) is 11.9. The molecule has 1 aliphatic rings. The van der Waals surface area contributed by atoms with E-state index >= 15 is 0 Å². The van der Waals surface area contributed by atoms with Crippen molar-refractivity contribution in [2.75, 3.05) is 43.6 Å². The van der Waals surface area contributed by atoms with E-state index in [2.05, 4.69) is 25.5 Å². The number of hydrogen-bond donors (Lipinski definition) is 2. The molecule has 0 atom stereocenters. The van der Waals surface area contributed by atoms with Crippen LogP contribution < -0.4 is 20.3 Å². The summed E-state index contributed by atoms with van der Waals surface area (Å²) in [5.41, 5.74) is 1.15. The highest BCUT2D eigenvalue weighted by Gasteiger charge is 2.15. The van der Waals surface area contributed by atoms with Crippen molar-refractivity contribution in [3.05, 3.63) is 42.0 Å². The highest BCUT2D eigenvalue weighted by molar-refractivity contribution is 7.80. The average molecular weight is 359 g/mol. The largest absolute Gasteiger partial charge is 0.481 e. The number of rotatable bonds is 5. The summed E-state index contributed by atoms with van der Waals surface area (Å²) in [5.74, 6) is 1.69. The maximum Gasteiger partial charge on any atom is 0.234 e. The Morgan fingerprint density at radius 1 is 1.24 bits per heavy atom. The van der Waals surface area contributed by atoms with Gasteiger partial charge in [0.05, 0.1) is 20.3 Å². The number of methoxy groups -OCH3 is 1. The number of nitrogens with one attached hydrogen (secondary N) is 2. The molecule has 2 N–H and O–H groups in total. The number of ether oxygens (including phenoxy) is 2. The topological polar surface area (TPSA) is 71.5 Å². The summed E-state index contributed by atoms with van der Waals surface area (Å²) < 4.78 is 10.7. The van der Waals surface area contributed by atoms with E-state index in [4.69, 9.17) is 21.7 Å². The molecular formula is C17H21N5O2S. The SMILES string of the molecule is COc1cc(N2CCOCC2)nc(NC(=S)NCc2ccccc2)n1. The Bertz CT molecular complexity index is 707. The average Bonchev–Trinajstić information content (AvgIpc) is 2.67. The minimum absolute atomic E-state index is 0.409. The Morgan fingerprint density at radius 2 is 2.00 bits per heavy atom. The van der Waals surface area contributed by atoms with Crippen LogP contribution in [-0.4, -0.2) is 48.5 Å². The van der Waals surface area contributed by atoms with Gasteiger partial charge in [0.1, 0.15) is 5.82 Å². The number of anilines is 2. The molecule has 0 spiro atoms. The summed E-state index contributed by atoms with van der Waals surface area (Å²) in [4.78, 5) is 11.0. The third-order valence-electron chi connectivity index (χ3n) is 3.75. The fourth-order valence-corrected chi connectivity index (χ4v) is 2.62. The zero-order valence-electron chi connectivity index (χ0n) is 14.1. The molecule has 0 amide bonds. The molecule has 2 heterocycles. The number of hydrogen-bond acceptors (Lipinski definition) is 6. The summed E-state index contributed by atoms with van der Waals surface area (Å²) in [6.07, 6.45) is 0. The fraction of sp³-hybridized carbons (Fsp3) is 0.353. The predicted octanol–water partition coefficient (Wildman–Crippen LogP) is 1.81. The van der Waals surface area contributed by atoms with Gasteiger partial charge in [-0.05, 0) is 17.8 Å². The Labute approximate surface area is 152 Å². The van der Waals surface area contributed by atoms with E-state index in [-0.39, 0.29) is 0 Å². The monoisotopic (exact) mass is 359 g/mol. The molecule has 1 aromatic carbocycles. The van der Waals surface area contributed by atoms with Gasteiger partial charge >= 0.3 is 0 Å². The van der Waals surface area contributed by atoms with Crippen LogP contribution in [0.2, 0.25) is 0 Å². The van der Waals surface area contributed by atoms with Gasteiger partial charge in [-0.1, -0.05) is 30.3 Å². The van der Waals surface area contributed by atoms with Crippen molar-refractivity contribution in [1.82, 2.24) is 15.3 Å². The lowest BCUT2D eigenvalue weighted by atomic mass is 10.2. The van der Waals surface area contributed by atoms with Gasteiger partial charge in [-0.15, -0.1) is 0 Å². The molecular weight excluding hydrogens is 338 g/mol. The molecule has 1 saturated heterocycles. The summed E-state index contributed by atoms with van der Waals surface area (Å²) in [5, 5.41) is 6.64. The van der Waals surface area contributed by atoms with Gasteiger partial charge in [0, 0.05) is 25.7 Å². The molecule has 0 unspecified atom stereocenters. The summed E-state index contributed by atoms with van der Waals surface area (Å²) >= 11 is 5.34. The second kappa shape index (κ2) is 8.59. The zero-order valence-corrected chi connectivity index (χ0v) is 14.9. The standard InChI is InChI=1S/C17H21N5O2S/c1-23-15-11-14(22-7-9-24-10-8-22)19-16(20-15)21-17(25)18-12-13-5-3-2-4-6-13/h2-6,11H,7-10,12H2,1H3,(H2,18,19,20,21,25). The maximum atomic E-state index is 5.38. The fourth-order valence-electron chi connectivity index (χ4n) is 2.45. The van der Waals surface area contributed by atoms with Crippen molar-refractivity contribution >= 4 is 29.1 Å². The van der Waals surface area contributed by atoms with Crippen LogP contribution >= 0.6 is 12.2 Å². The molecule has 7 nitrogen and oxygen atoms in total. The molecule has 0 saturated carbocycles. The van der Waals surface area contributed by atoms with Crippen LogP contribution in [0.5, 0.6) is 5.88 Å². The number of nitrogens with zero attached hydrogens (tertiary/aromatic N) is 3. The highest BCUT2D eigenvalue weighted by atomic mass is 32.1. The first-order valence-corrected chi connectivity index (χ1v) is 8.50. The zero-order chi connectivity index (χ0) is 17.5. The maximum absolute atomic E-state index is 5.38. The molecule has 0 aliphatic carbocycles. The van der Waals surface area contributed by atoms with Gasteiger partial charge in [0.15, 0.2) is 5.11 Å². The van der Waals surface area contributed by atoms with Gasteiger partial charge in [0.25, 0.3) is 0 Å². The van der Waals surface area contributed by atoms with E-state index in [9.17, 15) is 0 Å². The normalized spacial score (nSPS) is 14.0. The van der Waals surface area contributed by atoms with Crippen LogP contribution in [-0.2, 0) is 11.3 Å². The molecule has 0 radical (unpaired) electrons. The van der Waals surface area contributed by atoms with Crippen LogP contribution in [0, 0.1) is 0 Å². The van der Waals surface area contributed by atoms with Crippen LogP contribution in [0.1, 0.15) is 5.56 Å². The van der Waals surface area contributed by atoms with Crippen LogP contribution in [0.15, 0.2) is 36.4 Å². The minimum Gasteiger partial charge on any atom is -0.481 e. The molecule has 1 fully saturated rings. The molecule has 3 rings (SSSR count). The van der Waals surface area contributed by atoms with Crippen molar-refractivity contribution in [3.63, 3.8) is 0 Å². The van der Waals surface area contributed by atoms with Crippen molar-refractivity contribution in [3.8, 4) is 5.88 Å². The lowest BCUT2D eigenvalue weighted by molar-refractivity contribution is 0.122. The minimum atomic E-state index is 0.409. The van der Waals surface area contributed by atoms with E-state index in [1.807, 2.05) is 36.4 Å². The highest BCUT2D eigenvalue weighted by Crippen LogP contribution is 2.20. The summed E-state index contributed by atoms with van der Waals surface area (Å²) in [7, 11) is 1.58. The van der Waals surface area contributed by atoms with E-state index in [0.29, 0.717) is 36.7 Å². The first-order chi connectivity index (χ1) is 12.2. The number of thiocarbonyl (C=S) groups is 1. The second-order valence-electron chi connectivity index (χ2n) is 5.48. The summed E-state index contributed by atoms with van der Waals surface area (Å²) in [6.45, 7) is 3.58. The molecule has 1 aliphatic heterocycles. The van der Waals surface area contributed by atoms with Gasteiger partial charge in [-0.2, -0.15) is 9.97 Å². The van der Waals surface area contributed by atoms with Crippen molar-refractivity contribution in [2.24, 2.45) is 0 Å². The lowest BCUT2D eigenvalue weighted by Crippen LogP contribution is -2.37. The van der Waals surface area contributed by atoms with E-state index in [1.165, 1.54) is 0 Å². The first kappa shape index (κ1) is 17.4. The van der Waals surface area contributed by atoms with E-state index < -0.39 is 0 Å². The first-order valence-electron chi connectivity index (χ1n) is 8.09. The quantitative estimate of drug-likeness (QED) is 0.783. The van der Waals surface area contributed by atoms with Gasteiger partial charge in [-0.3, -0.25) is 0 Å². The van der Waals surface area contributed by atoms with Gasteiger partial charge < -0.3 is 25.0 Å². The Morgan fingerprint density at radius 3 is 2.72 bits per heavy atom. The van der Waals surface area contributed by atoms with Crippen LogP contribution in [0.3, 0.4) is 0 Å². The number of benzene rings is 1. The molecule has 25 heavy (non-hydrogen) atoms. The Hall–Kier alpha value is -2.45. The van der Waals surface area contributed by atoms with E-state index in [1.54, 1.807) is 7.11 Å². The molecule has 0 bridgehead atoms. The van der Waals surface area contributed by atoms with E-state index in [0.717, 1.165) is 24.5 Å². The van der Waals surface area contributed by atoms with Crippen molar-refractivity contribution < 1.29 is 9.47 Å². The number of aromatic nitrogens is 2. The van der Waals surface area contributed by atoms with Crippen molar-refractivity contribution in [1.29, 1.82) is 0 Å². The molecule has 132 valence electrons. The third-order valence-corrected chi connectivity index (χ3v) is 4.00. The van der Waals surface area contributed by atoms with Gasteiger partial charge in [0.2, 0.25) is 11.8 Å². The Kier molecular flexibility index (Phi) is 5.97. The number of morpholine rings is 1. The van der Waals surface area contributed by atoms with Gasteiger partial charge in [-0.25, -0.2) is 0 Å². The van der Waals surface area contributed by atoms with Crippen LogP contribution in [0.4, 0.5) is 11.8 Å². The predicted molar refractivity (Wildman–Crippen MR) is 101 cm³/mol. The smallest absolute Gasteiger partial charge is 0.234 e. The molecule has 2 aromatic rings. The molecule has 1 aromatic heterocycles. The van der Waals surface area contributed by atoms with Crippen LogP contribution in [0.25, 0.3) is 0 Å². The Balaban J connectivity index is 1.65.